The first-order valence-electron chi connectivity index (χ1n) is 4.79. The van der Waals surface area contributed by atoms with Gasteiger partial charge in [0.15, 0.2) is 0 Å². The molecule has 0 atom stereocenters. The molecule has 0 aliphatic carbocycles. The van der Waals surface area contributed by atoms with Crippen LogP contribution in [0.2, 0.25) is 5.02 Å². The van der Waals surface area contributed by atoms with Crippen molar-refractivity contribution < 1.29 is 9.47 Å². The zero-order valence-corrected chi connectivity index (χ0v) is 13.1. The topological polar surface area (TPSA) is 44.2 Å². The van der Waals surface area contributed by atoms with Gasteiger partial charge in [0.05, 0.1) is 22.8 Å². The van der Waals surface area contributed by atoms with E-state index in [0.717, 1.165) is 4.47 Å². The van der Waals surface area contributed by atoms with Gasteiger partial charge in [0, 0.05) is 4.47 Å². The normalized spacial score (nSPS) is 10.2. The van der Waals surface area contributed by atoms with Gasteiger partial charge in [0.1, 0.15) is 5.75 Å². The van der Waals surface area contributed by atoms with Crippen molar-refractivity contribution in [2.45, 2.75) is 0 Å². The lowest BCUT2D eigenvalue weighted by molar-refractivity contribution is 0.373. The maximum Gasteiger partial charge on any atom is 0.325 e. The fraction of sp³-hybridized carbons (Fsp3) is 0.0909. The van der Waals surface area contributed by atoms with Crippen LogP contribution in [0.25, 0.3) is 0 Å². The van der Waals surface area contributed by atoms with Crippen molar-refractivity contribution in [1.29, 1.82) is 0 Å². The van der Waals surface area contributed by atoms with Crippen LogP contribution in [-0.2, 0) is 0 Å². The smallest absolute Gasteiger partial charge is 0.325 e. The van der Waals surface area contributed by atoms with Gasteiger partial charge in [-0.2, -0.15) is 4.98 Å². The van der Waals surface area contributed by atoms with Crippen molar-refractivity contribution in [1.82, 2.24) is 9.97 Å². The highest BCUT2D eigenvalue weighted by molar-refractivity contribution is 9.10. The highest BCUT2D eigenvalue weighted by atomic mass is 79.9. The summed E-state index contributed by atoms with van der Waals surface area (Å²) in [5.41, 5.74) is 0. The Bertz CT molecular complexity index is 581. The number of methoxy groups -OCH3 is 1. The van der Waals surface area contributed by atoms with Crippen LogP contribution in [0, 0.1) is 0 Å². The Hall–Kier alpha value is -0.850. The van der Waals surface area contributed by atoms with Crippen molar-refractivity contribution in [3.63, 3.8) is 0 Å². The Labute approximate surface area is 126 Å². The lowest BCUT2D eigenvalue weighted by Crippen LogP contribution is -1.96. The van der Waals surface area contributed by atoms with Crippen LogP contribution in [0.1, 0.15) is 0 Å². The molecule has 2 rings (SSSR count). The molecule has 94 valence electrons. The number of ether oxygens (including phenoxy) is 2. The number of hydrogen-bond acceptors (Lipinski definition) is 4. The molecule has 0 aliphatic heterocycles. The quantitative estimate of drug-likeness (QED) is 0.771. The van der Waals surface area contributed by atoms with Crippen molar-refractivity contribution in [3.05, 3.63) is 38.4 Å². The summed E-state index contributed by atoms with van der Waals surface area (Å²) in [6.45, 7) is 0. The molecule has 18 heavy (non-hydrogen) atoms. The number of benzene rings is 1. The summed E-state index contributed by atoms with van der Waals surface area (Å²) >= 11 is 12.6. The van der Waals surface area contributed by atoms with Crippen molar-refractivity contribution in [3.8, 4) is 17.6 Å². The zero-order valence-electron chi connectivity index (χ0n) is 9.15. The molecule has 7 heteroatoms. The first kappa shape index (κ1) is 13.6. The van der Waals surface area contributed by atoms with Crippen LogP contribution < -0.4 is 9.47 Å². The van der Waals surface area contributed by atoms with Gasteiger partial charge in [-0.3, -0.25) is 0 Å². The maximum atomic E-state index is 6.03. The van der Waals surface area contributed by atoms with Crippen LogP contribution >= 0.6 is 43.5 Å². The molecular formula is C11H7Br2ClN2O2. The summed E-state index contributed by atoms with van der Waals surface area (Å²) in [6, 6.07) is 5.44. The van der Waals surface area contributed by atoms with Crippen molar-refractivity contribution in [2.75, 3.05) is 7.11 Å². The van der Waals surface area contributed by atoms with Gasteiger partial charge in [-0.05, 0) is 34.1 Å². The molecule has 1 heterocycles. The molecule has 0 bridgehead atoms. The van der Waals surface area contributed by atoms with Gasteiger partial charge in [0.25, 0.3) is 0 Å². The first-order valence-corrected chi connectivity index (χ1v) is 6.76. The predicted molar refractivity (Wildman–Crippen MR) is 75.5 cm³/mol. The molecule has 4 nitrogen and oxygen atoms in total. The Kier molecular flexibility index (Phi) is 4.42. The molecule has 0 spiro atoms. The minimum atomic E-state index is 0.166. The van der Waals surface area contributed by atoms with E-state index in [4.69, 9.17) is 21.1 Å². The van der Waals surface area contributed by atoms with E-state index in [-0.39, 0.29) is 6.01 Å². The average molecular weight is 394 g/mol. The van der Waals surface area contributed by atoms with E-state index in [9.17, 15) is 0 Å². The van der Waals surface area contributed by atoms with Gasteiger partial charge in [-0.15, -0.1) is 0 Å². The molecular weight excluding hydrogens is 387 g/mol. The van der Waals surface area contributed by atoms with Crippen LogP contribution in [0.3, 0.4) is 0 Å². The summed E-state index contributed by atoms with van der Waals surface area (Å²) in [7, 11) is 1.52. The molecule has 0 fully saturated rings. The maximum absolute atomic E-state index is 6.03. The van der Waals surface area contributed by atoms with Crippen LogP contribution in [0.15, 0.2) is 33.3 Å². The molecule has 2 aromatic rings. The third kappa shape index (κ3) is 3.13. The number of halogens is 3. The zero-order chi connectivity index (χ0) is 13.1. The molecule has 1 aromatic carbocycles. The molecule has 0 radical (unpaired) electrons. The first-order chi connectivity index (χ1) is 8.60. The summed E-state index contributed by atoms with van der Waals surface area (Å²) in [6.07, 6.45) is 1.55. The Balaban J connectivity index is 2.28. The van der Waals surface area contributed by atoms with Crippen LogP contribution in [0.5, 0.6) is 17.6 Å². The van der Waals surface area contributed by atoms with Gasteiger partial charge < -0.3 is 9.47 Å². The molecule has 0 aliphatic rings. The minimum absolute atomic E-state index is 0.166. The highest BCUT2D eigenvalue weighted by Gasteiger charge is 2.09. The summed E-state index contributed by atoms with van der Waals surface area (Å²) < 4.78 is 12.1. The van der Waals surface area contributed by atoms with Gasteiger partial charge in [-0.1, -0.05) is 27.5 Å². The van der Waals surface area contributed by atoms with E-state index in [1.807, 2.05) is 6.07 Å². The van der Waals surface area contributed by atoms with Crippen LogP contribution in [0.4, 0.5) is 0 Å². The van der Waals surface area contributed by atoms with E-state index in [1.54, 1.807) is 18.3 Å². The number of aromatic nitrogens is 2. The second-order valence-corrected chi connectivity index (χ2v) is 5.36. The number of nitrogens with zero attached hydrogens (tertiary/aromatic N) is 2. The Morgan fingerprint density at radius 3 is 2.72 bits per heavy atom. The molecule has 0 N–H and O–H groups in total. The molecule has 1 aromatic heterocycles. The molecule has 0 saturated carbocycles. The van der Waals surface area contributed by atoms with Crippen molar-refractivity contribution in [2.24, 2.45) is 0 Å². The van der Waals surface area contributed by atoms with Gasteiger partial charge in [0.2, 0.25) is 5.88 Å². The molecule has 0 saturated heterocycles. The van der Waals surface area contributed by atoms with Crippen LogP contribution in [-0.4, -0.2) is 17.1 Å². The van der Waals surface area contributed by atoms with Gasteiger partial charge >= 0.3 is 6.01 Å². The van der Waals surface area contributed by atoms with E-state index in [2.05, 4.69) is 41.8 Å². The van der Waals surface area contributed by atoms with Gasteiger partial charge in [-0.25, -0.2) is 4.98 Å². The van der Waals surface area contributed by atoms with E-state index in [0.29, 0.717) is 21.1 Å². The van der Waals surface area contributed by atoms with Crippen molar-refractivity contribution >= 4 is 43.5 Å². The third-order valence-corrected chi connectivity index (χ3v) is 3.31. The highest BCUT2D eigenvalue weighted by Crippen LogP contribution is 2.31. The largest absolute Gasteiger partial charge is 0.480 e. The summed E-state index contributed by atoms with van der Waals surface area (Å²) in [4.78, 5) is 8.09. The number of rotatable bonds is 3. The standard InChI is InChI=1S/C11H7Br2ClN2O2/c1-17-10-7(13)5-15-11(16-10)18-9-3-2-6(12)4-8(9)14/h2-5H,1H3. The lowest BCUT2D eigenvalue weighted by atomic mass is 10.3. The SMILES string of the molecule is COc1nc(Oc2ccc(Br)cc2Cl)ncc1Br. The fourth-order valence-electron chi connectivity index (χ4n) is 1.18. The third-order valence-electron chi connectivity index (χ3n) is 1.98. The summed E-state index contributed by atoms with van der Waals surface area (Å²) in [5, 5.41) is 0.467. The number of hydrogen-bond donors (Lipinski definition) is 0. The molecule has 0 amide bonds. The average Bonchev–Trinajstić information content (AvgIpc) is 2.35. The Morgan fingerprint density at radius 1 is 1.28 bits per heavy atom. The fourth-order valence-corrected chi connectivity index (χ4v) is 2.25. The second kappa shape index (κ2) is 5.86. The summed E-state index contributed by atoms with van der Waals surface area (Å²) in [5.74, 6) is 0.873. The molecule has 0 unspecified atom stereocenters. The van der Waals surface area contributed by atoms with E-state index >= 15 is 0 Å². The lowest BCUT2D eigenvalue weighted by Gasteiger charge is -2.07. The van der Waals surface area contributed by atoms with E-state index in [1.165, 1.54) is 7.11 Å². The second-order valence-electron chi connectivity index (χ2n) is 3.19. The monoisotopic (exact) mass is 392 g/mol. The predicted octanol–water partition coefficient (Wildman–Crippen LogP) is 4.46. The minimum Gasteiger partial charge on any atom is -0.480 e. The van der Waals surface area contributed by atoms with E-state index < -0.39 is 0 Å². The Morgan fingerprint density at radius 2 is 2.06 bits per heavy atom.